The lowest BCUT2D eigenvalue weighted by atomic mass is 9.96. The standard InChI is InChI=1S/C22H35N7O/c1-4-21-27-26-17-29(21)14-11-24-22(23-2)25-15-18-9-12-28(13-10-18)16-19-5-7-20(30-3)8-6-19/h5-8,17-18H,4,9-16H2,1-3H3,(H2,23,24,25). The fourth-order valence-electron chi connectivity index (χ4n) is 3.83. The van der Waals surface area contributed by atoms with Crippen LogP contribution < -0.4 is 15.4 Å². The monoisotopic (exact) mass is 413 g/mol. The Labute approximate surface area is 179 Å². The summed E-state index contributed by atoms with van der Waals surface area (Å²) in [5.74, 6) is 3.47. The van der Waals surface area contributed by atoms with Gasteiger partial charge in [-0.2, -0.15) is 0 Å². The van der Waals surface area contributed by atoms with Crippen LogP contribution in [-0.4, -0.2) is 66.0 Å². The largest absolute Gasteiger partial charge is 0.497 e. The van der Waals surface area contributed by atoms with E-state index in [9.17, 15) is 0 Å². The molecule has 1 aliphatic rings. The molecule has 0 aliphatic carbocycles. The number of hydrogen-bond acceptors (Lipinski definition) is 5. The Morgan fingerprint density at radius 2 is 1.97 bits per heavy atom. The third kappa shape index (κ3) is 6.45. The third-order valence-electron chi connectivity index (χ3n) is 5.71. The van der Waals surface area contributed by atoms with Crippen LogP contribution in [0.1, 0.15) is 31.2 Å². The second-order valence-corrected chi connectivity index (χ2v) is 7.74. The molecule has 1 fully saturated rings. The molecular weight excluding hydrogens is 378 g/mol. The van der Waals surface area contributed by atoms with Crippen molar-refractivity contribution >= 4 is 5.96 Å². The fraction of sp³-hybridized carbons (Fsp3) is 0.591. The zero-order valence-electron chi connectivity index (χ0n) is 18.5. The molecule has 1 aliphatic heterocycles. The van der Waals surface area contributed by atoms with Crippen LogP contribution in [0, 0.1) is 5.92 Å². The van der Waals surface area contributed by atoms with Gasteiger partial charge in [0.25, 0.3) is 0 Å². The Kier molecular flexibility index (Phi) is 8.50. The molecule has 1 aromatic heterocycles. The summed E-state index contributed by atoms with van der Waals surface area (Å²) in [7, 11) is 3.53. The summed E-state index contributed by atoms with van der Waals surface area (Å²) >= 11 is 0. The van der Waals surface area contributed by atoms with Gasteiger partial charge in [-0.1, -0.05) is 19.1 Å². The molecule has 2 N–H and O–H groups in total. The highest BCUT2D eigenvalue weighted by molar-refractivity contribution is 5.79. The predicted octanol–water partition coefficient (Wildman–Crippen LogP) is 1.93. The number of aliphatic imine (C=N–C) groups is 1. The molecule has 0 saturated carbocycles. The minimum atomic E-state index is 0.681. The first-order valence-corrected chi connectivity index (χ1v) is 10.9. The number of benzene rings is 1. The second kappa shape index (κ2) is 11.5. The maximum Gasteiger partial charge on any atom is 0.191 e. The van der Waals surface area contributed by atoms with Crippen molar-refractivity contribution < 1.29 is 4.74 Å². The first-order valence-electron chi connectivity index (χ1n) is 10.9. The number of likely N-dealkylation sites (tertiary alicyclic amines) is 1. The molecule has 3 rings (SSSR count). The summed E-state index contributed by atoms with van der Waals surface area (Å²) in [4.78, 5) is 6.89. The number of methoxy groups -OCH3 is 1. The lowest BCUT2D eigenvalue weighted by molar-refractivity contribution is 0.178. The quantitative estimate of drug-likeness (QED) is 0.483. The summed E-state index contributed by atoms with van der Waals surface area (Å²) in [6.45, 7) is 7.97. The number of aromatic nitrogens is 3. The van der Waals surface area contributed by atoms with Crippen LogP contribution in [0.5, 0.6) is 5.75 Å². The van der Waals surface area contributed by atoms with Gasteiger partial charge in [-0.15, -0.1) is 10.2 Å². The third-order valence-corrected chi connectivity index (χ3v) is 5.71. The maximum atomic E-state index is 5.24. The van der Waals surface area contributed by atoms with Crippen LogP contribution in [0.3, 0.4) is 0 Å². The molecule has 8 heteroatoms. The number of hydrogen-bond donors (Lipinski definition) is 2. The van der Waals surface area contributed by atoms with Crippen molar-refractivity contribution in [2.75, 3.05) is 40.3 Å². The highest BCUT2D eigenvalue weighted by Crippen LogP contribution is 2.19. The molecule has 2 aromatic rings. The molecule has 0 unspecified atom stereocenters. The number of nitrogens with zero attached hydrogens (tertiary/aromatic N) is 5. The Bertz CT molecular complexity index is 779. The number of rotatable bonds is 9. The van der Waals surface area contributed by atoms with Crippen LogP contribution >= 0.6 is 0 Å². The van der Waals surface area contributed by atoms with E-state index in [1.54, 1.807) is 13.4 Å². The lowest BCUT2D eigenvalue weighted by Gasteiger charge is -2.32. The SMILES string of the molecule is CCc1nncn1CCNC(=NC)NCC1CCN(Cc2ccc(OC)cc2)CC1. The van der Waals surface area contributed by atoms with Gasteiger partial charge in [0.15, 0.2) is 5.96 Å². The van der Waals surface area contributed by atoms with Crippen LogP contribution in [0.25, 0.3) is 0 Å². The van der Waals surface area contributed by atoms with Gasteiger partial charge in [0.2, 0.25) is 0 Å². The van der Waals surface area contributed by atoms with E-state index in [1.807, 2.05) is 19.2 Å². The minimum absolute atomic E-state index is 0.681. The van der Waals surface area contributed by atoms with E-state index in [-0.39, 0.29) is 0 Å². The first-order chi connectivity index (χ1) is 14.7. The molecule has 1 aromatic carbocycles. The normalized spacial score (nSPS) is 15.9. The molecule has 0 amide bonds. The van der Waals surface area contributed by atoms with Crippen molar-refractivity contribution in [3.05, 3.63) is 42.0 Å². The van der Waals surface area contributed by atoms with Gasteiger partial charge in [-0.05, 0) is 49.5 Å². The molecule has 30 heavy (non-hydrogen) atoms. The smallest absolute Gasteiger partial charge is 0.191 e. The van der Waals surface area contributed by atoms with Crippen LogP contribution in [0.15, 0.2) is 35.6 Å². The molecule has 0 bridgehead atoms. The van der Waals surface area contributed by atoms with Crippen LogP contribution in [0.2, 0.25) is 0 Å². The fourth-order valence-corrected chi connectivity index (χ4v) is 3.83. The molecule has 164 valence electrons. The molecule has 0 spiro atoms. The maximum absolute atomic E-state index is 5.24. The summed E-state index contributed by atoms with van der Waals surface area (Å²) in [5.41, 5.74) is 1.34. The van der Waals surface area contributed by atoms with E-state index >= 15 is 0 Å². The van der Waals surface area contributed by atoms with E-state index < -0.39 is 0 Å². The number of aryl methyl sites for hydroxylation is 1. The highest BCUT2D eigenvalue weighted by Gasteiger charge is 2.19. The zero-order chi connectivity index (χ0) is 21.2. The Morgan fingerprint density at radius 1 is 1.20 bits per heavy atom. The molecule has 8 nitrogen and oxygen atoms in total. The summed E-state index contributed by atoms with van der Waals surface area (Å²) in [5, 5.41) is 15.0. The van der Waals surface area contributed by atoms with Crippen LogP contribution in [-0.2, 0) is 19.5 Å². The van der Waals surface area contributed by atoms with Crippen molar-refractivity contribution in [2.24, 2.45) is 10.9 Å². The van der Waals surface area contributed by atoms with Gasteiger partial charge in [0.1, 0.15) is 17.9 Å². The Morgan fingerprint density at radius 3 is 2.63 bits per heavy atom. The molecule has 0 radical (unpaired) electrons. The Balaban J connectivity index is 1.33. The Hall–Kier alpha value is -2.61. The van der Waals surface area contributed by atoms with E-state index in [2.05, 4.69) is 54.3 Å². The van der Waals surface area contributed by atoms with E-state index in [0.29, 0.717) is 5.92 Å². The van der Waals surface area contributed by atoms with Gasteiger partial charge < -0.3 is 19.9 Å². The number of nitrogens with one attached hydrogen (secondary N) is 2. The van der Waals surface area contributed by atoms with Crippen molar-refractivity contribution in [1.82, 2.24) is 30.3 Å². The van der Waals surface area contributed by atoms with Crippen molar-refractivity contribution in [2.45, 2.75) is 39.3 Å². The van der Waals surface area contributed by atoms with Gasteiger partial charge in [0, 0.05) is 39.6 Å². The molecular formula is C22H35N7O. The zero-order valence-corrected chi connectivity index (χ0v) is 18.5. The van der Waals surface area contributed by atoms with Gasteiger partial charge >= 0.3 is 0 Å². The predicted molar refractivity (Wildman–Crippen MR) is 120 cm³/mol. The molecule has 0 atom stereocenters. The van der Waals surface area contributed by atoms with Gasteiger partial charge in [-0.3, -0.25) is 9.89 Å². The number of ether oxygens (including phenoxy) is 1. The van der Waals surface area contributed by atoms with E-state index in [4.69, 9.17) is 4.74 Å². The van der Waals surface area contributed by atoms with Gasteiger partial charge in [-0.25, -0.2) is 0 Å². The van der Waals surface area contributed by atoms with E-state index in [0.717, 1.165) is 63.2 Å². The lowest BCUT2D eigenvalue weighted by Crippen LogP contribution is -2.43. The van der Waals surface area contributed by atoms with E-state index in [1.165, 1.54) is 18.4 Å². The molecule has 1 saturated heterocycles. The summed E-state index contributed by atoms with van der Waals surface area (Å²) < 4.78 is 7.32. The number of guanidine groups is 1. The topological polar surface area (TPSA) is 79.6 Å². The average Bonchev–Trinajstić information content (AvgIpc) is 3.25. The van der Waals surface area contributed by atoms with Crippen molar-refractivity contribution in [1.29, 1.82) is 0 Å². The number of piperidine rings is 1. The second-order valence-electron chi connectivity index (χ2n) is 7.74. The first kappa shape index (κ1) is 22.1. The van der Waals surface area contributed by atoms with Crippen LogP contribution in [0.4, 0.5) is 0 Å². The summed E-state index contributed by atoms with van der Waals surface area (Å²) in [6, 6.07) is 8.39. The van der Waals surface area contributed by atoms with Crippen molar-refractivity contribution in [3.8, 4) is 5.75 Å². The average molecular weight is 414 g/mol. The van der Waals surface area contributed by atoms with Gasteiger partial charge in [0.05, 0.1) is 7.11 Å². The van der Waals surface area contributed by atoms with Crippen molar-refractivity contribution in [3.63, 3.8) is 0 Å². The minimum Gasteiger partial charge on any atom is -0.497 e. The summed E-state index contributed by atoms with van der Waals surface area (Å²) in [6.07, 6.45) is 5.10. The molecule has 2 heterocycles. The highest BCUT2D eigenvalue weighted by atomic mass is 16.5.